The second-order valence-corrected chi connectivity index (χ2v) is 11.2. The summed E-state index contributed by atoms with van der Waals surface area (Å²) in [5.74, 6) is -0.673. The van der Waals surface area contributed by atoms with Gasteiger partial charge in [-0.15, -0.1) is 0 Å². The molecule has 0 fully saturated rings. The molecule has 226 valence electrons. The zero-order valence-electron chi connectivity index (χ0n) is 25.6. The zero-order valence-corrected chi connectivity index (χ0v) is 25.6. The molecule has 0 aliphatic heterocycles. The Morgan fingerprint density at radius 1 is 0.658 bits per heavy atom. The number of carboxylic acids is 1. The molecule has 6 heteroatoms. The van der Waals surface area contributed by atoms with E-state index in [9.17, 15) is 9.59 Å². The van der Waals surface area contributed by atoms with Crippen molar-refractivity contribution in [2.24, 2.45) is 0 Å². The van der Waals surface area contributed by atoms with E-state index in [1.54, 1.807) is 0 Å². The average Bonchev–Trinajstić information content (AvgIpc) is 2.89. The number of aliphatic carboxylic acids is 1. The number of rotatable bonds is 30. The van der Waals surface area contributed by atoms with Gasteiger partial charge in [-0.2, -0.15) is 0 Å². The van der Waals surface area contributed by atoms with Crippen LogP contribution >= 0.6 is 0 Å². The quantitative estimate of drug-likeness (QED) is 0.0707. The molecule has 0 heterocycles. The molecule has 0 aromatic heterocycles. The van der Waals surface area contributed by atoms with Gasteiger partial charge in [-0.1, -0.05) is 90.9 Å². The minimum Gasteiger partial charge on any atom is -0.481 e. The monoisotopic (exact) mass is 540 g/mol. The summed E-state index contributed by atoms with van der Waals surface area (Å²) in [6, 6.07) is 0. The lowest BCUT2D eigenvalue weighted by Crippen LogP contribution is -2.29. The average molecular weight is 541 g/mol. The summed E-state index contributed by atoms with van der Waals surface area (Å²) < 4.78 is 5.83. The third-order valence-electron chi connectivity index (χ3n) is 7.41. The van der Waals surface area contributed by atoms with Crippen LogP contribution in [0.1, 0.15) is 155 Å². The molecular weight excluding hydrogens is 476 g/mol. The first-order chi connectivity index (χ1) is 18.5. The van der Waals surface area contributed by atoms with Gasteiger partial charge in [0, 0.05) is 12.8 Å². The highest BCUT2D eigenvalue weighted by atomic mass is 16.5. The van der Waals surface area contributed by atoms with Gasteiger partial charge in [-0.05, 0) is 84.6 Å². The number of nitrogens with zero attached hydrogens (tertiary/aromatic N) is 1. The van der Waals surface area contributed by atoms with Crippen molar-refractivity contribution in [3.8, 4) is 0 Å². The van der Waals surface area contributed by atoms with Gasteiger partial charge in [0.2, 0.25) is 0 Å². The van der Waals surface area contributed by atoms with Crippen LogP contribution in [0.25, 0.3) is 0 Å². The number of carbonyl (C=O) groups excluding carboxylic acids is 1. The standard InChI is InChI=1S/C32H64N2O4/c1-4-6-7-8-11-16-23-30(22-5-2)38-32(37)25-18-13-10-15-20-28-34(29-21-26-33-3)27-19-14-9-12-17-24-31(35)36/h30,33H,4-29H2,1-3H3,(H,35,36). The topological polar surface area (TPSA) is 78.9 Å². The molecule has 0 aliphatic carbocycles. The Morgan fingerprint density at radius 2 is 1.18 bits per heavy atom. The number of hydrogen-bond donors (Lipinski definition) is 2. The minimum atomic E-state index is -0.681. The van der Waals surface area contributed by atoms with Gasteiger partial charge < -0.3 is 20.1 Å². The lowest BCUT2D eigenvalue weighted by Gasteiger charge is -2.22. The molecule has 6 nitrogen and oxygen atoms in total. The van der Waals surface area contributed by atoms with Crippen LogP contribution in [0.4, 0.5) is 0 Å². The fraction of sp³-hybridized carbons (Fsp3) is 0.938. The number of esters is 1. The van der Waals surface area contributed by atoms with E-state index in [2.05, 4.69) is 24.1 Å². The van der Waals surface area contributed by atoms with E-state index in [0.717, 1.165) is 77.5 Å². The molecule has 0 bridgehead atoms. The normalized spacial score (nSPS) is 12.2. The molecule has 0 saturated heterocycles. The van der Waals surface area contributed by atoms with Gasteiger partial charge in [0.1, 0.15) is 6.10 Å². The largest absolute Gasteiger partial charge is 0.481 e. The summed E-state index contributed by atoms with van der Waals surface area (Å²) >= 11 is 0. The van der Waals surface area contributed by atoms with Crippen molar-refractivity contribution in [2.45, 2.75) is 161 Å². The van der Waals surface area contributed by atoms with Gasteiger partial charge in [-0.3, -0.25) is 9.59 Å². The van der Waals surface area contributed by atoms with Gasteiger partial charge in [0.25, 0.3) is 0 Å². The summed E-state index contributed by atoms with van der Waals surface area (Å²) in [5, 5.41) is 12.0. The lowest BCUT2D eigenvalue weighted by molar-refractivity contribution is -0.150. The lowest BCUT2D eigenvalue weighted by atomic mass is 10.0. The van der Waals surface area contributed by atoms with Crippen molar-refractivity contribution in [1.29, 1.82) is 0 Å². The summed E-state index contributed by atoms with van der Waals surface area (Å²) in [4.78, 5) is 25.6. The molecule has 0 amide bonds. The maximum atomic E-state index is 12.4. The van der Waals surface area contributed by atoms with E-state index in [4.69, 9.17) is 9.84 Å². The summed E-state index contributed by atoms with van der Waals surface area (Å²) in [6.45, 7) is 8.92. The number of nitrogens with one attached hydrogen (secondary N) is 1. The van der Waals surface area contributed by atoms with Crippen LogP contribution in [0.5, 0.6) is 0 Å². The summed E-state index contributed by atoms with van der Waals surface area (Å²) in [6.07, 6.45) is 24.0. The number of carbonyl (C=O) groups is 2. The first kappa shape index (κ1) is 36.9. The van der Waals surface area contributed by atoms with E-state index >= 15 is 0 Å². The molecule has 1 atom stereocenters. The molecule has 38 heavy (non-hydrogen) atoms. The predicted octanol–water partition coefficient (Wildman–Crippen LogP) is 8.13. The highest BCUT2D eigenvalue weighted by Crippen LogP contribution is 2.16. The second kappa shape index (κ2) is 28.9. The highest BCUT2D eigenvalue weighted by Gasteiger charge is 2.13. The van der Waals surface area contributed by atoms with Crippen molar-refractivity contribution in [3.05, 3.63) is 0 Å². The van der Waals surface area contributed by atoms with Crippen LogP contribution in [-0.4, -0.2) is 61.3 Å². The predicted molar refractivity (Wildman–Crippen MR) is 161 cm³/mol. The van der Waals surface area contributed by atoms with E-state index in [1.807, 2.05) is 7.05 Å². The third-order valence-corrected chi connectivity index (χ3v) is 7.41. The first-order valence-electron chi connectivity index (χ1n) is 16.3. The molecule has 1 unspecified atom stereocenters. The van der Waals surface area contributed by atoms with E-state index in [-0.39, 0.29) is 12.1 Å². The van der Waals surface area contributed by atoms with Gasteiger partial charge in [0.15, 0.2) is 0 Å². The highest BCUT2D eigenvalue weighted by molar-refractivity contribution is 5.69. The van der Waals surface area contributed by atoms with Gasteiger partial charge in [-0.25, -0.2) is 0 Å². The maximum absolute atomic E-state index is 12.4. The van der Waals surface area contributed by atoms with Crippen LogP contribution in [0.3, 0.4) is 0 Å². The molecule has 0 saturated carbocycles. The Kier molecular flexibility index (Phi) is 28.0. The van der Waals surface area contributed by atoms with Gasteiger partial charge >= 0.3 is 11.9 Å². The van der Waals surface area contributed by atoms with Crippen LogP contribution in [0, 0.1) is 0 Å². The summed E-state index contributed by atoms with van der Waals surface area (Å²) in [5.41, 5.74) is 0. The van der Waals surface area contributed by atoms with Crippen LogP contribution in [0.15, 0.2) is 0 Å². The minimum absolute atomic E-state index is 0.00750. The fourth-order valence-electron chi connectivity index (χ4n) is 5.07. The van der Waals surface area contributed by atoms with Crippen LogP contribution in [0.2, 0.25) is 0 Å². The van der Waals surface area contributed by atoms with Crippen LogP contribution < -0.4 is 5.32 Å². The Bertz CT molecular complexity index is 530. The molecule has 0 rings (SSSR count). The van der Waals surface area contributed by atoms with E-state index < -0.39 is 5.97 Å². The Balaban J connectivity index is 3.94. The molecule has 0 radical (unpaired) electrons. The Labute approximate surface area is 236 Å². The number of carboxylic acid groups (broad SMARTS) is 1. The summed E-state index contributed by atoms with van der Waals surface area (Å²) in [7, 11) is 2.01. The molecule has 0 spiro atoms. The van der Waals surface area contributed by atoms with Crippen molar-refractivity contribution in [3.63, 3.8) is 0 Å². The molecule has 0 aromatic carbocycles. The SMILES string of the molecule is CCCCCCCCC(CCC)OC(=O)CCCCCCCN(CCCCCCCC(=O)O)CCCNC. The number of ether oxygens (including phenoxy) is 1. The third kappa shape index (κ3) is 26.5. The molecule has 0 aliphatic rings. The zero-order chi connectivity index (χ0) is 28.1. The smallest absolute Gasteiger partial charge is 0.306 e. The van der Waals surface area contributed by atoms with Crippen molar-refractivity contribution < 1.29 is 19.4 Å². The van der Waals surface area contributed by atoms with E-state index in [0.29, 0.717) is 12.8 Å². The molecular formula is C32H64N2O4. The van der Waals surface area contributed by atoms with Crippen molar-refractivity contribution in [2.75, 3.05) is 33.2 Å². The first-order valence-corrected chi connectivity index (χ1v) is 16.3. The van der Waals surface area contributed by atoms with Crippen molar-refractivity contribution in [1.82, 2.24) is 10.2 Å². The molecule has 2 N–H and O–H groups in total. The number of hydrogen-bond acceptors (Lipinski definition) is 5. The number of unbranched alkanes of at least 4 members (excludes halogenated alkanes) is 13. The van der Waals surface area contributed by atoms with Crippen LogP contribution in [-0.2, 0) is 14.3 Å². The van der Waals surface area contributed by atoms with Gasteiger partial charge in [0.05, 0.1) is 0 Å². The second-order valence-electron chi connectivity index (χ2n) is 11.2. The van der Waals surface area contributed by atoms with E-state index in [1.165, 1.54) is 77.0 Å². The fourth-order valence-corrected chi connectivity index (χ4v) is 5.07. The molecule has 0 aromatic rings. The maximum Gasteiger partial charge on any atom is 0.306 e. The Morgan fingerprint density at radius 3 is 1.76 bits per heavy atom. The van der Waals surface area contributed by atoms with Crippen molar-refractivity contribution >= 4 is 11.9 Å². The Hall–Kier alpha value is -1.14.